The Morgan fingerprint density at radius 3 is 2.52 bits per heavy atom. The number of hydrogen-bond donors (Lipinski definition) is 0. The van der Waals surface area contributed by atoms with E-state index in [2.05, 4.69) is 5.10 Å². The van der Waals surface area contributed by atoms with Gasteiger partial charge >= 0.3 is 11.9 Å². The second-order valence-corrected chi connectivity index (χ2v) is 7.19. The van der Waals surface area contributed by atoms with Gasteiger partial charge in [-0.15, -0.1) is 0 Å². The molecular formula is C19H28F2N2O4. The minimum Gasteiger partial charge on any atom is -0.466 e. The first-order chi connectivity index (χ1) is 12.8. The van der Waals surface area contributed by atoms with Crippen LogP contribution in [0.1, 0.15) is 87.8 Å². The van der Waals surface area contributed by atoms with Crippen LogP contribution in [0, 0.1) is 5.41 Å². The molecule has 27 heavy (non-hydrogen) atoms. The van der Waals surface area contributed by atoms with E-state index in [1.807, 2.05) is 13.8 Å². The molecule has 1 heterocycles. The summed E-state index contributed by atoms with van der Waals surface area (Å²) in [5.74, 6) is -1.02. The fraction of sp³-hybridized carbons (Fsp3) is 0.737. The van der Waals surface area contributed by atoms with Crippen molar-refractivity contribution in [3.8, 4) is 0 Å². The molecule has 1 fully saturated rings. The Morgan fingerprint density at radius 1 is 1.30 bits per heavy atom. The molecule has 0 atom stereocenters. The summed E-state index contributed by atoms with van der Waals surface area (Å²) in [6, 6.07) is -0.284. The van der Waals surface area contributed by atoms with Crippen LogP contribution in [0.3, 0.4) is 0 Å². The van der Waals surface area contributed by atoms with Crippen LogP contribution >= 0.6 is 0 Å². The number of carbonyl (C=O) groups excluding carboxylic acids is 2. The maximum absolute atomic E-state index is 13.7. The Morgan fingerprint density at radius 2 is 1.96 bits per heavy atom. The largest absolute Gasteiger partial charge is 0.466 e. The Bertz CT molecular complexity index is 652. The number of hydrogen-bond acceptors (Lipinski definition) is 5. The molecule has 0 spiro atoms. The highest BCUT2D eigenvalue weighted by Crippen LogP contribution is 2.42. The third-order valence-electron chi connectivity index (χ3n) is 5.16. The number of aromatic nitrogens is 2. The second kappa shape index (κ2) is 9.28. The molecule has 0 saturated heterocycles. The van der Waals surface area contributed by atoms with E-state index in [9.17, 15) is 18.4 Å². The summed E-state index contributed by atoms with van der Waals surface area (Å²) < 4.78 is 38.8. The smallest absolute Gasteiger partial charge is 0.341 e. The van der Waals surface area contributed by atoms with Crippen molar-refractivity contribution in [2.45, 2.75) is 71.8 Å². The van der Waals surface area contributed by atoms with Crippen molar-refractivity contribution in [2.75, 3.05) is 13.2 Å². The number of alkyl halides is 2. The zero-order valence-corrected chi connectivity index (χ0v) is 16.2. The van der Waals surface area contributed by atoms with Crippen LogP contribution in [0.4, 0.5) is 8.78 Å². The third-order valence-corrected chi connectivity index (χ3v) is 5.16. The van der Waals surface area contributed by atoms with E-state index in [-0.39, 0.29) is 24.2 Å². The van der Waals surface area contributed by atoms with E-state index >= 15 is 0 Å². The van der Waals surface area contributed by atoms with Gasteiger partial charge in [-0.25, -0.2) is 13.6 Å². The lowest BCUT2D eigenvalue weighted by atomic mass is 9.74. The molecule has 1 aromatic heterocycles. The molecule has 0 unspecified atom stereocenters. The molecule has 0 aliphatic heterocycles. The molecule has 8 heteroatoms. The first-order valence-electron chi connectivity index (χ1n) is 9.54. The van der Waals surface area contributed by atoms with Gasteiger partial charge in [-0.1, -0.05) is 13.3 Å². The molecule has 0 bridgehead atoms. The highest BCUT2D eigenvalue weighted by molar-refractivity contribution is 5.90. The van der Waals surface area contributed by atoms with Gasteiger partial charge in [0.15, 0.2) is 0 Å². The summed E-state index contributed by atoms with van der Waals surface area (Å²) >= 11 is 0. The number of nitrogens with zero attached hydrogens (tertiary/aromatic N) is 2. The first-order valence-corrected chi connectivity index (χ1v) is 9.54. The van der Waals surface area contributed by atoms with Gasteiger partial charge in [0.2, 0.25) is 0 Å². The fourth-order valence-corrected chi connectivity index (χ4v) is 3.42. The molecule has 152 valence electrons. The van der Waals surface area contributed by atoms with Crippen molar-refractivity contribution in [1.82, 2.24) is 9.78 Å². The van der Waals surface area contributed by atoms with Gasteiger partial charge in [0.05, 0.1) is 30.9 Å². The Balaban J connectivity index is 2.13. The minimum atomic E-state index is -2.83. The monoisotopic (exact) mass is 386 g/mol. The maximum atomic E-state index is 13.7. The number of carbonyl (C=O) groups is 2. The van der Waals surface area contributed by atoms with E-state index in [1.54, 1.807) is 6.92 Å². The predicted octanol–water partition coefficient (Wildman–Crippen LogP) is 4.46. The average Bonchev–Trinajstić information content (AvgIpc) is 3.08. The normalized spacial score (nSPS) is 22.7. The Kier molecular flexibility index (Phi) is 7.33. The lowest BCUT2D eigenvalue weighted by Crippen LogP contribution is -2.35. The lowest BCUT2D eigenvalue weighted by Gasteiger charge is -2.35. The number of ether oxygens (including phenoxy) is 2. The number of rotatable bonds is 8. The van der Waals surface area contributed by atoms with Gasteiger partial charge in [-0.05, 0) is 46.0 Å². The molecule has 2 rings (SSSR count). The molecule has 0 aromatic carbocycles. The van der Waals surface area contributed by atoms with Gasteiger partial charge in [0.25, 0.3) is 6.43 Å². The van der Waals surface area contributed by atoms with Crippen LogP contribution < -0.4 is 0 Å². The second-order valence-electron chi connectivity index (χ2n) is 7.19. The Hall–Kier alpha value is -1.99. The van der Waals surface area contributed by atoms with Crippen molar-refractivity contribution in [3.63, 3.8) is 0 Å². The van der Waals surface area contributed by atoms with Crippen molar-refractivity contribution >= 4 is 11.9 Å². The van der Waals surface area contributed by atoms with Gasteiger partial charge in [-0.3, -0.25) is 9.48 Å². The highest BCUT2D eigenvalue weighted by atomic mass is 19.3. The van der Waals surface area contributed by atoms with Crippen LogP contribution in [-0.4, -0.2) is 34.9 Å². The summed E-state index contributed by atoms with van der Waals surface area (Å²) in [5.41, 5.74) is -1.19. The predicted molar refractivity (Wildman–Crippen MR) is 94.6 cm³/mol. The van der Waals surface area contributed by atoms with Crippen LogP contribution in [0.5, 0.6) is 0 Å². The molecule has 1 aliphatic rings. The fourth-order valence-electron chi connectivity index (χ4n) is 3.42. The van der Waals surface area contributed by atoms with E-state index in [1.165, 1.54) is 4.68 Å². The van der Waals surface area contributed by atoms with E-state index in [4.69, 9.17) is 9.47 Å². The summed E-state index contributed by atoms with van der Waals surface area (Å²) in [4.78, 5) is 24.3. The van der Waals surface area contributed by atoms with Crippen molar-refractivity contribution in [3.05, 3.63) is 17.5 Å². The molecule has 1 aliphatic carbocycles. The summed E-state index contributed by atoms with van der Waals surface area (Å²) in [6.07, 6.45) is 1.93. The average molecular weight is 386 g/mol. The van der Waals surface area contributed by atoms with E-state index in [0.717, 1.165) is 12.6 Å². The molecule has 1 saturated carbocycles. The standard InChI is InChI=1S/C19H28F2N2O4/c1-4-6-11-27-17(24)14-12-22-23(15(14)16(20)21)13-7-9-19(3,10-8-13)18(25)26-5-2/h12-13,16H,4-11H2,1-3H3/t13-,19-. The molecule has 0 N–H and O–H groups in total. The zero-order valence-electron chi connectivity index (χ0n) is 16.2. The summed E-state index contributed by atoms with van der Waals surface area (Å²) in [7, 11) is 0. The van der Waals surface area contributed by atoms with Crippen LogP contribution in [0.15, 0.2) is 6.20 Å². The molecule has 6 nitrogen and oxygen atoms in total. The van der Waals surface area contributed by atoms with Crippen LogP contribution in [-0.2, 0) is 14.3 Å². The van der Waals surface area contributed by atoms with Gasteiger partial charge in [0.1, 0.15) is 11.3 Å². The lowest BCUT2D eigenvalue weighted by molar-refractivity contribution is -0.156. The van der Waals surface area contributed by atoms with E-state index < -0.39 is 23.5 Å². The summed E-state index contributed by atoms with van der Waals surface area (Å²) in [6.45, 7) is 6.06. The molecular weight excluding hydrogens is 358 g/mol. The Labute approximate surface area is 158 Å². The van der Waals surface area contributed by atoms with Crippen molar-refractivity contribution in [1.29, 1.82) is 0 Å². The van der Waals surface area contributed by atoms with Crippen LogP contribution in [0.2, 0.25) is 0 Å². The molecule has 0 radical (unpaired) electrons. The number of esters is 2. The third kappa shape index (κ3) is 4.84. The van der Waals surface area contributed by atoms with Gasteiger partial charge < -0.3 is 9.47 Å². The maximum Gasteiger partial charge on any atom is 0.341 e. The highest BCUT2D eigenvalue weighted by Gasteiger charge is 2.40. The first kappa shape index (κ1) is 21.3. The van der Waals surface area contributed by atoms with Crippen LogP contribution in [0.25, 0.3) is 0 Å². The minimum absolute atomic E-state index is 0.181. The SMILES string of the molecule is CCCCOC(=O)c1cnn([C@H]2CC[C@](C)(C(=O)OCC)CC2)c1C(F)F. The quantitative estimate of drug-likeness (QED) is 0.487. The topological polar surface area (TPSA) is 70.4 Å². The number of halogens is 2. The van der Waals surface area contributed by atoms with Crippen molar-refractivity contribution in [2.24, 2.45) is 5.41 Å². The summed E-state index contributed by atoms with van der Waals surface area (Å²) in [5, 5.41) is 4.06. The zero-order chi connectivity index (χ0) is 20.0. The van der Waals surface area contributed by atoms with Crippen molar-refractivity contribution < 1.29 is 27.8 Å². The molecule has 1 aromatic rings. The molecule has 0 amide bonds. The van der Waals surface area contributed by atoms with E-state index in [0.29, 0.717) is 38.7 Å². The van der Waals surface area contributed by atoms with Gasteiger partial charge in [-0.2, -0.15) is 5.10 Å². The van der Waals surface area contributed by atoms with Gasteiger partial charge in [0, 0.05) is 0 Å². The number of unbranched alkanes of at least 4 members (excludes halogenated alkanes) is 1.